The SMILES string of the molecule is CC(C)(C)CCCc1ccccc1.CC(C)(C)CCOc1ccccc1.CC(C)(C)CCc1ccccc1.CC(C)(C)Cc1ccccc1.CC(C)(C)c1ccccc1.Cc1ccc(C(C)(C)C)cc1.Cc1ccc(C(C)(C)C)cc1.Cc1ccc(CC(C)(C)C)cc1.Cc1ccc(CC(C)(C)C)cc1. The van der Waals surface area contributed by atoms with Crippen molar-refractivity contribution in [2.24, 2.45) is 32.5 Å². The van der Waals surface area contributed by atoms with Gasteiger partial charge in [0.1, 0.15) is 5.75 Å². The van der Waals surface area contributed by atoms with E-state index in [0.29, 0.717) is 37.9 Å². The Morgan fingerprint density at radius 2 is 0.448 bits per heavy atom. The number of aryl methyl sites for hydroxylation is 6. The van der Waals surface area contributed by atoms with Gasteiger partial charge in [0.2, 0.25) is 0 Å². The molecule has 0 saturated carbocycles. The lowest BCUT2D eigenvalue weighted by atomic mass is 9.87. The van der Waals surface area contributed by atoms with Crippen molar-refractivity contribution < 1.29 is 4.74 Å². The molecular formula is C104H154O. The van der Waals surface area contributed by atoms with Crippen LogP contribution in [0.15, 0.2) is 249 Å². The van der Waals surface area contributed by atoms with E-state index in [0.717, 1.165) is 38.0 Å². The van der Waals surface area contributed by atoms with Crippen LogP contribution in [0.4, 0.5) is 0 Å². The molecule has 0 unspecified atom stereocenters. The average molecular weight is 1420 g/mol. The van der Waals surface area contributed by atoms with Crippen LogP contribution in [0, 0.1) is 60.2 Å². The van der Waals surface area contributed by atoms with Crippen LogP contribution < -0.4 is 4.74 Å². The number of hydrogen-bond donors (Lipinski definition) is 0. The minimum Gasteiger partial charge on any atom is -0.494 e. The lowest BCUT2D eigenvalue weighted by Gasteiger charge is -2.18. The van der Waals surface area contributed by atoms with E-state index < -0.39 is 0 Å². The molecule has 0 amide bonds. The smallest absolute Gasteiger partial charge is 0.119 e. The topological polar surface area (TPSA) is 9.23 Å². The summed E-state index contributed by atoms with van der Waals surface area (Å²) in [5.41, 5.74) is 20.1. The molecule has 1 heteroatoms. The van der Waals surface area contributed by atoms with Crippen LogP contribution in [-0.4, -0.2) is 6.61 Å². The van der Waals surface area contributed by atoms with Gasteiger partial charge in [-0.2, -0.15) is 0 Å². The van der Waals surface area contributed by atoms with Gasteiger partial charge >= 0.3 is 0 Å². The van der Waals surface area contributed by atoms with Crippen molar-refractivity contribution in [1.29, 1.82) is 0 Å². The van der Waals surface area contributed by atoms with Crippen LogP contribution in [0.2, 0.25) is 0 Å². The van der Waals surface area contributed by atoms with E-state index >= 15 is 0 Å². The highest BCUT2D eigenvalue weighted by Crippen LogP contribution is 2.28. The van der Waals surface area contributed by atoms with E-state index in [2.05, 4.69) is 433 Å². The van der Waals surface area contributed by atoms with Crippen molar-refractivity contribution in [2.75, 3.05) is 6.61 Å². The predicted octanol–water partition coefficient (Wildman–Crippen LogP) is 31.2. The van der Waals surface area contributed by atoms with Gasteiger partial charge in [-0.05, 0) is 191 Å². The maximum Gasteiger partial charge on any atom is 0.119 e. The first kappa shape index (κ1) is 95.8. The molecule has 0 fully saturated rings. The molecule has 0 bridgehead atoms. The van der Waals surface area contributed by atoms with Gasteiger partial charge in [0, 0.05) is 0 Å². The van der Waals surface area contributed by atoms with Crippen molar-refractivity contribution >= 4 is 0 Å². The summed E-state index contributed by atoms with van der Waals surface area (Å²) in [6, 6.07) is 87.7. The summed E-state index contributed by atoms with van der Waals surface area (Å²) < 4.78 is 5.58. The zero-order chi connectivity index (χ0) is 79.8. The normalized spacial score (nSPS) is 11.6. The number of benzene rings is 9. The Morgan fingerprint density at radius 1 is 0.210 bits per heavy atom. The summed E-state index contributed by atoms with van der Waals surface area (Å²) in [6.45, 7) is 70.2. The molecular weight excluding hydrogens is 1270 g/mol. The van der Waals surface area contributed by atoms with Gasteiger partial charge in [-0.1, -0.05) is 446 Å². The van der Waals surface area contributed by atoms with Gasteiger partial charge in [-0.25, -0.2) is 0 Å². The van der Waals surface area contributed by atoms with Crippen LogP contribution in [0.1, 0.15) is 279 Å². The van der Waals surface area contributed by atoms with Crippen molar-refractivity contribution in [1.82, 2.24) is 0 Å². The molecule has 0 saturated heterocycles. The van der Waals surface area contributed by atoms with E-state index in [1.165, 1.54) is 98.9 Å². The van der Waals surface area contributed by atoms with Crippen LogP contribution >= 0.6 is 0 Å². The molecule has 0 aliphatic heterocycles. The summed E-state index contributed by atoms with van der Waals surface area (Å²) in [6.07, 6.45) is 10.9. The van der Waals surface area contributed by atoms with Gasteiger partial charge in [0.25, 0.3) is 0 Å². The summed E-state index contributed by atoms with van der Waals surface area (Å²) >= 11 is 0. The second-order valence-electron chi connectivity index (χ2n) is 39.4. The Balaban J connectivity index is 0.000000591. The third-order valence-corrected chi connectivity index (χ3v) is 16.9. The van der Waals surface area contributed by atoms with Crippen LogP contribution in [-0.2, 0) is 48.3 Å². The second-order valence-corrected chi connectivity index (χ2v) is 39.4. The quantitative estimate of drug-likeness (QED) is 0.125. The molecule has 0 aliphatic carbocycles. The number of hydrogen-bond acceptors (Lipinski definition) is 1. The lowest BCUT2D eigenvalue weighted by Crippen LogP contribution is -2.10. The largest absolute Gasteiger partial charge is 0.494 e. The first-order valence-corrected chi connectivity index (χ1v) is 39.5. The fourth-order valence-corrected chi connectivity index (χ4v) is 10.5. The molecule has 0 aromatic heterocycles. The Labute approximate surface area is 649 Å². The van der Waals surface area contributed by atoms with E-state index in [9.17, 15) is 0 Å². The predicted molar refractivity (Wildman–Crippen MR) is 472 cm³/mol. The Morgan fingerprint density at radius 3 is 0.714 bits per heavy atom. The summed E-state index contributed by atoms with van der Waals surface area (Å²) in [5.74, 6) is 0.965. The zero-order valence-electron chi connectivity index (χ0n) is 73.2. The maximum atomic E-state index is 5.58. The van der Waals surface area contributed by atoms with Crippen LogP contribution in [0.5, 0.6) is 5.75 Å². The van der Waals surface area contributed by atoms with Crippen molar-refractivity contribution in [3.8, 4) is 5.75 Å². The molecule has 9 aromatic rings. The highest BCUT2D eigenvalue weighted by atomic mass is 16.5. The van der Waals surface area contributed by atoms with E-state index in [1.54, 1.807) is 0 Å². The van der Waals surface area contributed by atoms with Crippen LogP contribution in [0.3, 0.4) is 0 Å². The minimum atomic E-state index is 0.285. The molecule has 0 heterocycles. The van der Waals surface area contributed by atoms with Gasteiger partial charge < -0.3 is 4.74 Å². The van der Waals surface area contributed by atoms with Crippen LogP contribution in [0.25, 0.3) is 0 Å². The Hall–Kier alpha value is -7.22. The third kappa shape index (κ3) is 55.0. The second kappa shape index (κ2) is 46.8. The third-order valence-electron chi connectivity index (χ3n) is 16.9. The van der Waals surface area contributed by atoms with Gasteiger partial charge in [-0.3, -0.25) is 0 Å². The highest BCUT2D eigenvalue weighted by Gasteiger charge is 2.17. The monoisotopic (exact) mass is 1420 g/mol. The molecule has 1 nitrogen and oxygen atoms in total. The maximum absolute atomic E-state index is 5.58. The lowest BCUT2D eigenvalue weighted by molar-refractivity contribution is 0.243. The molecule has 0 radical (unpaired) electrons. The summed E-state index contributed by atoms with van der Waals surface area (Å²) in [4.78, 5) is 0. The molecule has 0 atom stereocenters. The fraction of sp³-hybridized carbons (Fsp3) is 0.481. The average Bonchev–Trinajstić information content (AvgIpc) is 0.876. The Bertz CT molecular complexity index is 3380. The molecule has 576 valence electrons. The minimum absolute atomic E-state index is 0.285. The molecule has 9 aromatic carbocycles. The number of ether oxygens (including phenoxy) is 1. The Kier molecular flexibility index (Phi) is 42.7. The van der Waals surface area contributed by atoms with E-state index in [4.69, 9.17) is 4.74 Å². The zero-order valence-corrected chi connectivity index (χ0v) is 73.2. The molecule has 0 N–H and O–H groups in total. The molecule has 0 spiro atoms. The van der Waals surface area contributed by atoms with Gasteiger partial charge in [0.15, 0.2) is 0 Å². The molecule has 0 aliphatic rings. The first-order chi connectivity index (χ1) is 48.4. The van der Waals surface area contributed by atoms with Gasteiger partial charge in [0.05, 0.1) is 6.61 Å². The first-order valence-electron chi connectivity index (χ1n) is 39.5. The highest BCUT2D eigenvalue weighted by molar-refractivity contribution is 5.29. The van der Waals surface area contributed by atoms with Gasteiger partial charge in [-0.15, -0.1) is 0 Å². The molecule has 105 heavy (non-hydrogen) atoms. The van der Waals surface area contributed by atoms with E-state index in [1.807, 2.05) is 30.3 Å². The molecule has 9 rings (SSSR count). The number of para-hydroxylation sites is 1. The fourth-order valence-electron chi connectivity index (χ4n) is 10.5. The standard InChI is InChI=1S/C13H20.C12H18O.3C12H18.3C11H16.C10H14/c1-13(2,3)11-7-10-12-8-5-4-6-9-12;1-12(2,3)9-10-13-11-7-5-4-6-8-11;2*1-10-5-7-11(8-6-10)9-12(2,3)4;1-12(2,3)10-9-11-7-5-4-6-8-11;2*1-9-5-7-10(8-6-9)11(2,3)4;1-11(2,3)9-10-7-5-4-6-8-10;1-10(2,3)9-7-5-4-6-8-9/h4-6,8-9H,7,10-11H2,1-3H3;4-8H,9-10H2,1-3H3;2*5-8H,9H2,1-4H3;4-8H,9-10H2,1-3H3;2*5-8H,1-4H3;4-8H,9H2,1-3H3;4-8H,1-3H3. The summed E-state index contributed by atoms with van der Waals surface area (Å²) in [5, 5.41) is 0. The van der Waals surface area contributed by atoms with Crippen molar-refractivity contribution in [2.45, 2.75) is 289 Å². The van der Waals surface area contributed by atoms with Crippen molar-refractivity contribution in [3.63, 3.8) is 0 Å². The number of rotatable bonds is 11. The van der Waals surface area contributed by atoms with Crippen molar-refractivity contribution in [3.05, 3.63) is 315 Å². The summed E-state index contributed by atoms with van der Waals surface area (Å²) in [7, 11) is 0. The van der Waals surface area contributed by atoms with E-state index in [-0.39, 0.29) is 10.8 Å².